The fourth-order valence-corrected chi connectivity index (χ4v) is 6.54. The zero-order valence-electron chi connectivity index (χ0n) is 22.7. The van der Waals surface area contributed by atoms with Crippen molar-refractivity contribution >= 4 is 0 Å². The van der Waals surface area contributed by atoms with E-state index in [0.717, 1.165) is 24.4 Å². The summed E-state index contributed by atoms with van der Waals surface area (Å²) in [5.41, 5.74) is 5.56. The van der Waals surface area contributed by atoms with Crippen molar-refractivity contribution in [2.24, 2.45) is 11.8 Å². The van der Waals surface area contributed by atoms with E-state index >= 15 is 0 Å². The second kappa shape index (κ2) is 14.2. The van der Waals surface area contributed by atoms with E-state index in [4.69, 9.17) is 4.74 Å². The fraction of sp³-hybridized carbons (Fsp3) is 0.647. The molecule has 2 fully saturated rings. The monoisotopic (exact) mass is 474 g/mol. The second-order valence-electron chi connectivity index (χ2n) is 11.6. The Morgan fingerprint density at radius 2 is 1.17 bits per heavy atom. The van der Waals surface area contributed by atoms with Crippen LogP contribution in [0.5, 0.6) is 0 Å². The lowest BCUT2D eigenvalue weighted by Crippen LogP contribution is -2.20. The van der Waals surface area contributed by atoms with Gasteiger partial charge in [0.05, 0.1) is 12.7 Å². The Morgan fingerprint density at radius 1 is 0.571 bits per heavy atom. The van der Waals surface area contributed by atoms with Gasteiger partial charge in [-0.1, -0.05) is 114 Å². The predicted molar refractivity (Wildman–Crippen MR) is 151 cm³/mol. The zero-order chi connectivity index (χ0) is 24.3. The van der Waals surface area contributed by atoms with E-state index in [1.54, 1.807) is 5.56 Å². The molecule has 2 unspecified atom stereocenters. The van der Waals surface area contributed by atoms with Crippen LogP contribution in [-0.4, -0.2) is 6.61 Å². The number of hydrogen-bond donors (Lipinski definition) is 0. The maximum Gasteiger partial charge on any atom is 0.0825 e. The van der Waals surface area contributed by atoms with Gasteiger partial charge in [0, 0.05) is 0 Å². The Labute approximate surface area is 216 Å². The third-order valence-corrected chi connectivity index (χ3v) is 8.88. The smallest absolute Gasteiger partial charge is 0.0825 e. The molecule has 1 heterocycles. The van der Waals surface area contributed by atoms with Crippen molar-refractivity contribution in [1.29, 1.82) is 0 Å². The molecule has 2 aliphatic rings. The van der Waals surface area contributed by atoms with E-state index in [-0.39, 0.29) is 6.10 Å². The van der Waals surface area contributed by atoms with Crippen molar-refractivity contribution in [2.45, 2.75) is 122 Å². The highest BCUT2D eigenvalue weighted by Crippen LogP contribution is 2.38. The van der Waals surface area contributed by atoms with Crippen molar-refractivity contribution in [2.75, 3.05) is 6.61 Å². The lowest BCUT2D eigenvalue weighted by Gasteiger charge is -2.29. The first kappa shape index (κ1) is 26.5. The minimum Gasteiger partial charge on any atom is -0.373 e. The number of benzene rings is 2. The lowest BCUT2D eigenvalue weighted by molar-refractivity contribution is -0.0199. The summed E-state index contributed by atoms with van der Waals surface area (Å²) in [5.74, 6) is 2.53. The Bertz CT molecular complexity index is 820. The first-order valence-corrected chi connectivity index (χ1v) is 15.1. The van der Waals surface area contributed by atoms with Crippen LogP contribution in [0.3, 0.4) is 0 Å². The summed E-state index contributed by atoms with van der Waals surface area (Å²) in [5, 5.41) is 0. The molecule has 1 aliphatic heterocycles. The summed E-state index contributed by atoms with van der Waals surface area (Å²) < 4.78 is 6.32. The Balaban J connectivity index is 1.21. The van der Waals surface area contributed by atoms with Crippen molar-refractivity contribution < 1.29 is 4.74 Å². The van der Waals surface area contributed by atoms with Crippen LogP contribution in [0.25, 0.3) is 11.1 Å². The van der Waals surface area contributed by atoms with Crippen LogP contribution in [0.4, 0.5) is 0 Å². The first-order valence-electron chi connectivity index (χ1n) is 15.1. The van der Waals surface area contributed by atoms with Gasteiger partial charge >= 0.3 is 0 Å². The van der Waals surface area contributed by atoms with Crippen LogP contribution in [0, 0.1) is 11.8 Å². The normalized spacial score (nSPS) is 25.0. The van der Waals surface area contributed by atoms with Gasteiger partial charge in [0.25, 0.3) is 0 Å². The molecule has 2 atom stereocenters. The van der Waals surface area contributed by atoms with E-state index in [2.05, 4.69) is 62.4 Å². The summed E-state index contributed by atoms with van der Waals surface area (Å²) in [6.07, 6.45) is 20.9. The van der Waals surface area contributed by atoms with Gasteiger partial charge in [0.15, 0.2) is 0 Å². The first-order chi connectivity index (χ1) is 17.3. The summed E-state index contributed by atoms with van der Waals surface area (Å²) >= 11 is 0. The van der Waals surface area contributed by atoms with E-state index in [9.17, 15) is 0 Å². The fourth-order valence-electron chi connectivity index (χ4n) is 6.54. The minimum absolute atomic E-state index is 0.287. The number of ether oxygens (including phenoxy) is 1. The van der Waals surface area contributed by atoms with Crippen LogP contribution < -0.4 is 0 Å². The quantitative estimate of drug-likeness (QED) is 0.278. The number of hydrogen-bond acceptors (Lipinski definition) is 1. The third kappa shape index (κ3) is 7.94. The second-order valence-corrected chi connectivity index (χ2v) is 11.6. The molecule has 0 N–H and O–H groups in total. The SMILES string of the molecule is CCCCCCCCC1CCC(c2ccc(-c3ccc([C@H]4CC[C@H](CCC)CC4)cc3)cc2)OC1. The molecular weight excluding hydrogens is 424 g/mol. The molecule has 1 heteroatoms. The topological polar surface area (TPSA) is 9.23 Å². The zero-order valence-corrected chi connectivity index (χ0v) is 22.7. The standard InChI is InChI=1S/C34H50O/c1-3-5-6-7-8-9-11-28-14-25-34(35-26-28)33-23-21-32(22-24-33)31-19-17-30(18-20-31)29-15-12-27(10-4-2)13-16-29/h17-24,27-29,34H,3-16,25-26H2,1-2H3/t27-,28?,29-,34?. The van der Waals surface area contributed by atoms with Crippen molar-refractivity contribution in [3.8, 4) is 11.1 Å². The van der Waals surface area contributed by atoms with Crippen molar-refractivity contribution in [3.05, 3.63) is 59.7 Å². The number of rotatable bonds is 12. The molecule has 192 valence electrons. The highest BCUT2D eigenvalue weighted by molar-refractivity contribution is 5.64. The molecule has 0 spiro atoms. The van der Waals surface area contributed by atoms with Gasteiger partial charge in [0.1, 0.15) is 0 Å². The lowest BCUT2D eigenvalue weighted by atomic mass is 9.77. The maximum atomic E-state index is 6.32. The van der Waals surface area contributed by atoms with Crippen LogP contribution in [0.1, 0.15) is 133 Å². The summed E-state index contributed by atoms with van der Waals surface area (Å²) in [6, 6.07) is 18.7. The number of unbranched alkanes of at least 4 members (excludes halogenated alkanes) is 5. The minimum atomic E-state index is 0.287. The molecule has 2 aromatic carbocycles. The Kier molecular flexibility index (Phi) is 10.8. The van der Waals surface area contributed by atoms with Gasteiger partial charge in [-0.25, -0.2) is 0 Å². The van der Waals surface area contributed by atoms with Crippen molar-refractivity contribution in [1.82, 2.24) is 0 Å². The van der Waals surface area contributed by atoms with Gasteiger partial charge in [-0.05, 0) is 85.0 Å². The summed E-state index contributed by atoms with van der Waals surface area (Å²) in [6.45, 7) is 5.57. The molecule has 1 saturated carbocycles. The molecule has 2 aromatic rings. The average Bonchev–Trinajstić information content (AvgIpc) is 2.92. The predicted octanol–water partition coefficient (Wildman–Crippen LogP) is 10.6. The molecular formula is C34H50O. The molecule has 0 bridgehead atoms. The van der Waals surface area contributed by atoms with Crippen LogP contribution in [0.2, 0.25) is 0 Å². The van der Waals surface area contributed by atoms with E-state index in [1.807, 2.05) is 0 Å². The molecule has 0 radical (unpaired) electrons. The van der Waals surface area contributed by atoms with Gasteiger partial charge < -0.3 is 4.74 Å². The largest absolute Gasteiger partial charge is 0.373 e. The highest BCUT2D eigenvalue weighted by atomic mass is 16.5. The Hall–Kier alpha value is -1.60. The van der Waals surface area contributed by atoms with Crippen LogP contribution >= 0.6 is 0 Å². The van der Waals surface area contributed by atoms with Gasteiger partial charge in [-0.2, -0.15) is 0 Å². The Morgan fingerprint density at radius 3 is 1.77 bits per heavy atom. The van der Waals surface area contributed by atoms with Gasteiger partial charge in [-0.3, -0.25) is 0 Å². The molecule has 1 saturated heterocycles. The summed E-state index contributed by atoms with van der Waals surface area (Å²) in [7, 11) is 0. The van der Waals surface area contributed by atoms with E-state index < -0.39 is 0 Å². The molecule has 4 rings (SSSR count). The highest BCUT2D eigenvalue weighted by Gasteiger charge is 2.23. The third-order valence-electron chi connectivity index (χ3n) is 8.88. The molecule has 0 aromatic heterocycles. The van der Waals surface area contributed by atoms with E-state index in [0.29, 0.717) is 0 Å². The van der Waals surface area contributed by atoms with Crippen LogP contribution in [0.15, 0.2) is 48.5 Å². The molecule has 0 amide bonds. The van der Waals surface area contributed by atoms with Gasteiger partial charge in [-0.15, -0.1) is 0 Å². The maximum absolute atomic E-state index is 6.32. The van der Waals surface area contributed by atoms with Crippen molar-refractivity contribution in [3.63, 3.8) is 0 Å². The molecule has 1 aliphatic carbocycles. The molecule has 1 nitrogen and oxygen atoms in total. The van der Waals surface area contributed by atoms with E-state index in [1.165, 1.54) is 113 Å². The van der Waals surface area contributed by atoms with Crippen LogP contribution in [-0.2, 0) is 4.74 Å². The van der Waals surface area contributed by atoms with Gasteiger partial charge in [0.2, 0.25) is 0 Å². The molecule has 35 heavy (non-hydrogen) atoms. The summed E-state index contributed by atoms with van der Waals surface area (Å²) in [4.78, 5) is 0. The average molecular weight is 475 g/mol.